The van der Waals surface area contributed by atoms with Gasteiger partial charge >= 0.3 is 0 Å². The number of carbonyl (C=O) groups excluding carboxylic acids is 1. The molecule has 162 valence electrons. The molecule has 2 aromatic carbocycles. The highest BCUT2D eigenvalue weighted by Gasteiger charge is 2.23. The maximum atomic E-state index is 12.6. The van der Waals surface area contributed by atoms with E-state index >= 15 is 0 Å². The SMILES string of the molecule is CC(C)Oc1ccc(C(=O)N[C@H]2CC[C@@H](Nc3ccnc4cc(Cl)ccc34)CC2)cc1. The molecule has 1 fully saturated rings. The molecule has 0 saturated heterocycles. The molecule has 0 spiro atoms. The molecule has 31 heavy (non-hydrogen) atoms. The van der Waals surface area contributed by atoms with Crippen molar-refractivity contribution < 1.29 is 9.53 Å². The van der Waals surface area contributed by atoms with Crippen LogP contribution in [-0.2, 0) is 0 Å². The van der Waals surface area contributed by atoms with Crippen LogP contribution in [0, 0.1) is 0 Å². The van der Waals surface area contributed by atoms with E-state index in [2.05, 4.69) is 15.6 Å². The summed E-state index contributed by atoms with van der Waals surface area (Å²) in [5.74, 6) is 0.758. The van der Waals surface area contributed by atoms with E-state index in [1.165, 1.54) is 0 Å². The number of aromatic nitrogens is 1. The number of anilines is 1. The van der Waals surface area contributed by atoms with Crippen molar-refractivity contribution in [1.29, 1.82) is 0 Å². The molecule has 1 amide bonds. The van der Waals surface area contributed by atoms with Crippen LogP contribution in [0.3, 0.4) is 0 Å². The summed E-state index contributed by atoms with van der Waals surface area (Å²) in [5, 5.41) is 8.61. The summed E-state index contributed by atoms with van der Waals surface area (Å²) < 4.78 is 5.64. The quantitative estimate of drug-likeness (QED) is 0.509. The van der Waals surface area contributed by atoms with Gasteiger partial charge in [-0.2, -0.15) is 0 Å². The molecule has 1 heterocycles. The molecule has 0 radical (unpaired) electrons. The lowest BCUT2D eigenvalue weighted by Crippen LogP contribution is -2.40. The van der Waals surface area contributed by atoms with Crippen molar-refractivity contribution in [2.24, 2.45) is 0 Å². The topological polar surface area (TPSA) is 63.2 Å². The molecule has 1 aromatic heterocycles. The third kappa shape index (κ3) is 5.47. The first-order valence-electron chi connectivity index (χ1n) is 10.9. The second-order valence-electron chi connectivity index (χ2n) is 8.38. The highest BCUT2D eigenvalue weighted by atomic mass is 35.5. The molecule has 6 heteroatoms. The van der Waals surface area contributed by atoms with E-state index in [0.29, 0.717) is 16.6 Å². The Bertz CT molecular complexity index is 1040. The maximum Gasteiger partial charge on any atom is 0.251 e. The molecular formula is C25H28ClN3O2. The normalized spacial score (nSPS) is 18.7. The van der Waals surface area contributed by atoms with Gasteiger partial charge in [0, 0.05) is 39.9 Å². The van der Waals surface area contributed by atoms with Gasteiger partial charge in [0.25, 0.3) is 5.91 Å². The number of benzene rings is 2. The van der Waals surface area contributed by atoms with Gasteiger partial charge < -0.3 is 15.4 Å². The minimum Gasteiger partial charge on any atom is -0.491 e. The van der Waals surface area contributed by atoms with Gasteiger partial charge in [-0.05, 0) is 88.1 Å². The van der Waals surface area contributed by atoms with Gasteiger partial charge in [-0.3, -0.25) is 9.78 Å². The van der Waals surface area contributed by atoms with Gasteiger partial charge in [-0.25, -0.2) is 0 Å². The van der Waals surface area contributed by atoms with Gasteiger partial charge in [0.2, 0.25) is 0 Å². The molecule has 1 aliphatic rings. The summed E-state index contributed by atoms with van der Waals surface area (Å²) in [6.07, 6.45) is 5.84. The predicted octanol–water partition coefficient (Wildman–Crippen LogP) is 5.83. The molecule has 1 aliphatic carbocycles. The fourth-order valence-corrected chi connectivity index (χ4v) is 4.24. The van der Waals surface area contributed by atoms with Gasteiger partial charge in [0.05, 0.1) is 11.6 Å². The lowest BCUT2D eigenvalue weighted by Gasteiger charge is -2.30. The van der Waals surface area contributed by atoms with Crippen molar-refractivity contribution in [3.05, 3.63) is 65.3 Å². The van der Waals surface area contributed by atoms with Crippen LogP contribution in [0.4, 0.5) is 5.69 Å². The molecule has 3 aromatic rings. The molecule has 0 bridgehead atoms. The number of fused-ring (bicyclic) bond motifs is 1. The Hall–Kier alpha value is -2.79. The maximum absolute atomic E-state index is 12.6. The standard InChI is InChI=1S/C25H28ClN3O2/c1-16(2)31-21-10-3-17(4-11-21)25(30)29-20-8-6-19(7-9-20)28-23-13-14-27-24-15-18(26)5-12-22(23)24/h3-5,10-16,19-20H,6-9H2,1-2H3,(H,27,28)(H,29,30)/t19-,20+. The summed E-state index contributed by atoms with van der Waals surface area (Å²) in [6.45, 7) is 3.97. The second kappa shape index (κ2) is 9.56. The molecule has 4 rings (SSSR count). The average Bonchev–Trinajstić information content (AvgIpc) is 2.75. The average molecular weight is 438 g/mol. The molecule has 1 saturated carbocycles. The van der Waals surface area contributed by atoms with Crippen molar-refractivity contribution in [3.8, 4) is 5.75 Å². The van der Waals surface area contributed by atoms with Crippen molar-refractivity contribution in [3.63, 3.8) is 0 Å². The number of hydrogen-bond acceptors (Lipinski definition) is 4. The molecule has 2 N–H and O–H groups in total. The molecular weight excluding hydrogens is 410 g/mol. The zero-order valence-corrected chi connectivity index (χ0v) is 18.7. The third-order valence-electron chi connectivity index (χ3n) is 5.62. The molecule has 0 atom stereocenters. The van der Waals surface area contributed by atoms with E-state index in [9.17, 15) is 4.79 Å². The number of amides is 1. The van der Waals surface area contributed by atoms with E-state index < -0.39 is 0 Å². The lowest BCUT2D eigenvalue weighted by molar-refractivity contribution is 0.0926. The monoisotopic (exact) mass is 437 g/mol. The van der Waals surface area contributed by atoms with Crippen LogP contribution in [-0.4, -0.2) is 29.1 Å². The second-order valence-corrected chi connectivity index (χ2v) is 8.81. The minimum absolute atomic E-state index is 0.0236. The Labute approximate surface area is 188 Å². The number of rotatable bonds is 6. The third-order valence-corrected chi connectivity index (χ3v) is 5.85. The van der Waals surface area contributed by atoms with Gasteiger partial charge in [-0.15, -0.1) is 0 Å². The fourth-order valence-electron chi connectivity index (χ4n) is 4.07. The number of nitrogens with one attached hydrogen (secondary N) is 2. The van der Waals surface area contributed by atoms with Crippen LogP contribution in [0.25, 0.3) is 10.9 Å². The fraction of sp³-hybridized carbons (Fsp3) is 0.360. The first kappa shape index (κ1) is 21.4. The van der Waals surface area contributed by atoms with Gasteiger partial charge in [0.15, 0.2) is 0 Å². The smallest absolute Gasteiger partial charge is 0.251 e. The number of halogens is 1. The zero-order valence-electron chi connectivity index (χ0n) is 17.9. The van der Waals surface area contributed by atoms with Crippen molar-refractivity contribution in [1.82, 2.24) is 10.3 Å². The summed E-state index contributed by atoms with van der Waals surface area (Å²) in [6, 6.07) is 15.7. The molecule has 0 unspecified atom stereocenters. The van der Waals surface area contributed by atoms with Crippen LogP contribution < -0.4 is 15.4 Å². The van der Waals surface area contributed by atoms with Gasteiger partial charge in [-0.1, -0.05) is 11.6 Å². The van der Waals surface area contributed by atoms with Crippen LogP contribution in [0.1, 0.15) is 49.9 Å². The van der Waals surface area contributed by atoms with Crippen molar-refractivity contribution >= 4 is 34.1 Å². The highest BCUT2D eigenvalue weighted by molar-refractivity contribution is 6.31. The molecule has 0 aliphatic heterocycles. The number of carbonyl (C=O) groups is 1. The number of hydrogen-bond donors (Lipinski definition) is 2. The number of nitrogens with zero attached hydrogens (tertiary/aromatic N) is 1. The Balaban J connectivity index is 1.30. The Morgan fingerprint density at radius 1 is 1.03 bits per heavy atom. The predicted molar refractivity (Wildman–Crippen MR) is 126 cm³/mol. The number of pyridine rings is 1. The first-order chi connectivity index (χ1) is 15.0. The first-order valence-corrected chi connectivity index (χ1v) is 11.2. The van der Waals surface area contributed by atoms with E-state index in [4.69, 9.17) is 16.3 Å². The lowest BCUT2D eigenvalue weighted by atomic mass is 9.90. The summed E-state index contributed by atoms with van der Waals surface area (Å²) >= 11 is 6.09. The van der Waals surface area contributed by atoms with E-state index in [0.717, 1.165) is 48.0 Å². The number of ether oxygens (including phenoxy) is 1. The van der Waals surface area contributed by atoms with Crippen LogP contribution in [0.2, 0.25) is 5.02 Å². The summed E-state index contributed by atoms with van der Waals surface area (Å²) in [5.41, 5.74) is 2.64. The van der Waals surface area contributed by atoms with Crippen molar-refractivity contribution in [2.75, 3.05) is 5.32 Å². The highest BCUT2D eigenvalue weighted by Crippen LogP contribution is 2.28. The Morgan fingerprint density at radius 3 is 2.45 bits per heavy atom. The Kier molecular flexibility index (Phi) is 6.62. The minimum atomic E-state index is -0.0236. The molecule has 5 nitrogen and oxygen atoms in total. The van der Waals surface area contributed by atoms with Crippen LogP contribution in [0.5, 0.6) is 5.75 Å². The van der Waals surface area contributed by atoms with E-state index in [-0.39, 0.29) is 18.1 Å². The summed E-state index contributed by atoms with van der Waals surface area (Å²) in [4.78, 5) is 17.0. The van der Waals surface area contributed by atoms with Crippen molar-refractivity contribution in [2.45, 2.75) is 57.7 Å². The van der Waals surface area contributed by atoms with Gasteiger partial charge in [0.1, 0.15) is 5.75 Å². The van der Waals surface area contributed by atoms with E-state index in [1.54, 1.807) is 0 Å². The largest absolute Gasteiger partial charge is 0.491 e. The zero-order chi connectivity index (χ0) is 21.8. The summed E-state index contributed by atoms with van der Waals surface area (Å²) in [7, 11) is 0. The Morgan fingerprint density at radius 2 is 1.74 bits per heavy atom. The van der Waals surface area contributed by atoms with Crippen LogP contribution >= 0.6 is 11.6 Å². The van der Waals surface area contributed by atoms with E-state index in [1.807, 2.05) is 68.6 Å². The van der Waals surface area contributed by atoms with Crippen LogP contribution in [0.15, 0.2) is 54.7 Å².